The predicted octanol–water partition coefficient (Wildman–Crippen LogP) is 0.704. The van der Waals surface area contributed by atoms with E-state index in [1.165, 1.54) is 22.8 Å². The minimum atomic E-state index is -4.31. The Morgan fingerprint density at radius 1 is 1.19 bits per heavy atom. The third-order valence-electron chi connectivity index (χ3n) is 3.22. The molecule has 0 unspecified atom stereocenters. The second kappa shape index (κ2) is 4.87. The van der Waals surface area contributed by atoms with Crippen molar-refractivity contribution >= 4 is 32.1 Å². The zero-order valence-electron chi connectivity index (χ0n) is 11.4. The van der Waals surface area contributed by atoms with Crippen molar-refractivity contribution in [3.63, 3.8) is 0 Å². The molecule has 2 rings (SSSR count). The summed E-state index contributed by atoms with van der Waals surface area (Å²) in [5, 5.41) is 0. The average molecular weight is 333 g/mol. The van der Waals surface area contributed by atoms with Gasteiger partial charge in [-0.2, -0.15) is 21.4 Å². The summed E-state index contributed by atoms with van der Waals surface area (Å²) in [5.41, 5.74) is 0.555. The van der Waals surface area contributed by atoms with Crippen LogP contribution in [0, 0.1) is 0 Å². The monoisotopic (exact) mass is 333 g/mol. The minimum absolute atomic E-state index is 0.000481. The maximum atomic E-state index is 11.2. The number of hydrogen-bond donors (Lipinski definition) is 2. The Bertz CT molecular complexity index is 821. The van der Waals surface area contributed by atoms with Crippen molar-refractivity contribution < 1.29 is 30.5 Å². The summed E-state index contributed by atoms with van der Waals surface area (Å²) in [5.74, 6) is -0.463. The highest BCUT2D eigenvalue weighted by molar-refractivity contribution is 7.86. The second-order valence-corrected chi connectivity index (χ2v) is 8.32. The van der Waals surface area contributed by atoms with E-state index in [-0.39, 0.29) is 11.4 Å². The molecule has 0 spiro atoms. The molecule has 0 bridgehead atoms. The lowest BCUT2D eigenvalue weighted by Gasteiger charge is -2.10. The zero-order valence-corrected chi connectivity index (χ0v) is 13.1. The number of nitrogens with zero attached hydrogens (tertiary/aromatic N) is 1. The first-order valence-corrected chi connectivity index (χ1v) is 9.08. The van der Waals surface area contributed by atoms with Gasteiger partial charge in [-0.3, -0.25) is 9.11 Å². The Kier molecular flexibility index (Phi) is 3.73. The lowest BCUT2D eigenvalue weighted by atomic mass is 9.87. The van der Waals surface area contributed by atoms with Crippen LogP contribution >= 0.6 is 0 Å². The molecule has 7 nitrogen and oxygen atoms in total. The van der Waals surface area contributed by atoms with E-state index in [1.54, 1.807) is 13.8 Å². The maximum absolute atomic E-state index is 11.2. The summed E-state index contributed by atoms with van der Waals surface area (Å²) in [6, 6.07) is 4.05. The topological polar surface area (TPSA) is 112 Å². The molecule has 1 aliphatic heterocycles. The van der Waals surface area contributed by atoms with Crippen molar-refractivity contribution in [2.45, 2.75) is 24.2 Å². The van der Waals surface area contributed by atoms with Crippen LogP contribution in [0.5, 0.6) is 0 Å². The largest absolute Gasteiger partial charge is 0.294 e. The molecular formula is C12H15NO6S2+. The van der Waals surface area contributed by atoms with Crippen LogP contribution in [0.25, 0.3) is 0 Å². The van der Waals surface area contributed by atoms with Gasteiger partial charge in [0.2, 0.25) is 5.69 Å². The van der Waals surface area contributed by atoms with E-state index in [9.17, 15) is 16.8 Å². The van der Waals surface area contributed by atoms with Gasteiger partial charge >= 0.3 is 0 Å². The molecule has 0 amide bonds. The van der Waals surface area contributed by atoms with Gasteiger partial charge in [0, 0.05) is 11.6 Å². The van der Waals surface area contributed by atoms with Gasteiger partial charge in [-0.05, 0) is 26.0 Å². The van der Waals surface area contributed by atoms with Crippen LogP contribution in [-0.4, -0.2) is 49.0 Å². The van der Waals surface area contributed by atoms with Gasteiger partial charge in [-0.1, -0.05) is 0 Å². The molecule has 0 aromatic heterocycles. The SMILES string of the molecule is CC1(C)[C]=[N+](CCS(=O)(=O)O)c2ccc(S(=O)(=O)O)cc21. The Morgan fingerprint density at radius 3 is 2.33 bits per heavy atom. The van der Waals surface area contributed by atoms with E-state index in [4.69, 9.17) is 9.11 Å². The van der Waals surface area contributed by atoms with E-state index in [2.05, 4.69) is 6.21 Å². The first-order valence-electron chi connectivity index (χ1n) is 6.03. The molecule has 115 valence electrons. The molecule has 1 aromatic rings. The number of benzene rings is 1. The lowest BCUT2D eigenvalue weighted by molar-refractivity contribution is -0.427. The fourth-order valence-electron chi connectivity index (χ4n) is 2.25. The summed E-state index contributed by atoms with van der Waals surface area (Å²) in [6.07, 6.45) is 3.03. The summed E-state index contributed by atoms with van der Waals surface area (Å²) >= 11 is 0. The second-order valence-electron chi connectivity index (χ2n) is 5.33. The fraction of sp³-hybridized carbons (Fsp3) is 0.417. The number of fused-ring (bicyclic) bond motifs is 1. The third kappa shape index (κ3) is 3.49. The lowest BCUT2D eigenvalue weighted by Crippen LogP contribution is -2.20. The molecule has 1 aliphatic rings. The first kappa shape index (κ1) is 16.1. The Labute approximate surface area is 123 Å². The van der Waals surface area contributed by atoms with Crippen molar-refractivity contribution in [2.75, 3.05) is 12.3 Å². The smallest absolute Gasteiger partial charge is 0.285 e. The van der Waals surface area contributed by atoms with Crippen LogP contribution in [0.15, 0.2) is 23.1 Å². The van der Waals surface area contributed by atoms with Crippen molar-refractivity contribution in [2.24, 2.45) is 0 Å². The summed E-state index contributed by atoms with van der Waals surface area (Å²) in [7, 11) is -8.41. The van der Waals surface area contributed by atoms with E-state index in [1.807, 2.05) is 0 Å². The van der Waals surface area contributed by atoms with E-state index in [0.717, 1.165) is 0 Å². The standard InChI is InChI=1S/C12H15NO6S2/c1-12(2)8-13(5-6-20(14,15)16)11-4-3-9(7-10(11)12)21(17,18)19/h3-4,7H,5-6H2,1-2H3,(H,14,15,16)(H,17,18,19)/q+1. The molecule has 1 radical (unpaired) electrons. The summed E-state index contributed by atoms with van der Waals surface area (Å²) in [6.45, 7) is 3.57. The molecule has 0 aliphatic carbocycles. The number of hydrogen-bond acceptors (Lipinski definition) is 4. The molecule has 0 saturated heterocycles. The van der Waals surface area contributed by atoms with Crippen molar-refractivity contribution in [3.05, 3.63) is 23.8 Å². The molecule has 1 aromatic carbocycles. The Hall–Kier alpha value is -1.29. The van der Waals surface area contributed by atoms with Gasteiger partial charge in [-0.15, -0.1) is 0 Å². The molecule has 0 fully saturated rings. The predicted molar refractivity (Wildman–Crippen MR) is 75.5 cm³/mol. The normalized spacial score (nSPS) is 17.4. The van der Waals surface area contributed by atoms with Crippen LogP contribution in [-0.2, 0) is 25.7 Å². The van der Waals surface area contributed by atoms with Crippen LogP contribution in [0.1, 0.15) is 19.4 Å². The molecule has 0 saturated carbocycles. The summed E-state index contributed by atoms with van der Waals surface area (Å²) < 4.78 is 63.5. The van der Waals surface area contributed by atoms with Crippen LogP contribution in [0.4, 0.5) is 5.69 Å². The molecule has 9 heteroatoms. The van der Waals surface area contributed by atoms with Crippen LogP contribution in [0.3, 0.4) is 0 Å². The molecule has 21 heavy (non-hydrogen) atoms. The van der Waals surface area contributed by atoms with Crippen LogP contribution < -0.4 is 0 Å². The molecule has 0 atom stereocenters. The molecular weight excluding hydrogens is 318 g/mol. The van der Waals surface area contributed by atoms with Gasteiger partial charge < -0.3 is 0 Å². The van der Waals surface area contributed by atoms with Crippen molar-refractivity contribution in [1.29, 1.82) is 0 Å². The minimum Gasteiger partial charge on any atom is -0.285 e. The number of rotatable bonds is 4. The Balaban J connectivity index is 2.45. The molecule has 1 heterocycles. The van der Waals surface area contributed by atoms with Gasteiger partial charge in [-0.25, -0.2) is 0 Å². The quantitative estimate of drug-likeness (QED) is 0.620. The van der Waals surface area contributed by atoms with Gasteiger partial charge in [0.15, 0.2) is 6.54 Å². The molecule has 2 N–H and O–H groups in total. The highest BCUT2D eigenvalue weighted by Gasteiger charge is 2.39. The zero-order chi connectivity index (χ0) is 16.1. The van der Waals surface area contributed by atoms with Gasteiger partial charge in [0.25, 0.3) is 26.5 Å². The third-order valence-corrected chi connectivity index (χ3v) is 4.77. The highest BCUT2D eigenvalue weighted by Crippen LogP contribution is 2.37. The van der Waals surface area contributed by atoms with Crippen molar-refractivity contribution in [1.82, 2.24) is 0 Å². The van der Waals surface area contributed by atoms with Gasteiger partial charge in [0.05, 0.1) is 10.3 Å². The van der Waals surface area contributed by atoms with Crippen LogP contribution in [0.2, 0.25) is 0 Å². The maximum Gasteiger partial charge on any atom is 0.294 e. The highest BCUT2D eigenvalue weighted by atomic mass is 32.2. The van der Waals surface area contributed by atoms with Crippen molar-refractivity contribution in [3.8, 4) is 0 Å². The van der Waals surface area contributed by atoms with E-state index >= 15 is 0 Å². The van der Waals surface area contributed by atoms with Gasteiger partial charge in [0.1, 0.15) is 5.75 Å². The van der Waals surface area contributed by atoms with E-state index < -0.39 is 31.4 Å². The first-order chi connectivity index (χ1) is 9.40. The average Bonchev–Trinajstić information content (AvgIpc) is 2.56. The summed E-state index contributed by atoms with van der Waals surface area (Å²) in [4.78, 5) is -0.229. The van der Waals surface area contributed by atoms with E-state index in [0.29, 0.717) is 11.3 Å². The fourth-order valence-corrected chi connectivity index (χ4v) is 3.17. The Morgan fingerprint density at radius 2 is 1.81 bits per heavy atom.